The molecule has 1 rings (SSSR count). The van der Waals surface area contributed by atoms with Gasteiger partial charge in [-0.1, -0.05) is 84.0 Å². The average Bonchev–Trinajstić information content (AvgIpc) is 3.08. The van der Waals surface area contributed by atoms with E-state index in [0.717, 1.165) is 19.3 Å². The Labute approximate surface area is 193 Å². The lowest BCUT2D eigenvalue weighted by atomic mass is 10.0. The van der Waals surface area contributed by atoms with E-state index in [1.807, 2.05) is 0 Å². The Bertz CT molecular complexity index is 566. The van der Waals surface area contributed by atoms with Gasteiger partial charge in [0.2, 0.25) is 5.91 Å². The second-order valence-corrected chi connectivity index (χ2v) is 8.66. The first-order chi connectivity index (χ1) is 15.5. The summed E-state index contributed by atoms with van der Waals surface area (Å²) in [5, 5.41) is 5.96. The predicted molar refractivity (Wildman–Crippen MR) is 123 cm³/mol. The third-order valence-corrected chi connectivity index (χ3v) is 5.72. The van der Waals surface area contributed by atoms with Crippen LogP contribution in [0, 0.1) is 0 Å². The Morgan fingerprint density at radius 3 is 1.78 bits per heavy atom. The minimum Gasteiger partial charge on any atom is -0.342 e. The van der Waals surface area contributed by atoms with Gasteiger partial charge >= 0.3 is 5.97 Å². The average molecular weight is 454 g/mol. The highest BCUT2D eigenvalue weighted by Crippen LogP contribution is 2.14. The summed E-state index contributed by atoms with van der Waals surface area (Å²) < 4.78 is 0. The SMILES string of the molecule is CCCCCCCCCCCCCCCC(=O)N[C@H](CNC)C(=O)ON1C(=O)CCC1=O. The topological polar surface area (TPSA) is 105 Å². The Morgan fingerprint density at radius 1 is 0.844 bits per heavy atom. The molecule has 0 saturated carbocycles. The summed E-state index contributed by atoms with van der Waals surface area (Å²) in [4.78, 5) is 52.6. The van der Waals surface area contributed by atoms with Crippen LogP contribution < -0.4 is 10.6 Å². The van der Waals surface area contributed by atoms with Crippen molar-refractivity contribution in [3.8, 4) is 0 Å². The fourth-order valence-corrected chi connectivity index (χ4v) is 3.78. The predicted octanol–water partition coefficient (Wildman–Crippen LogP) is 3.78. The first-order valence-corrected chi connectivity index (χ1v) is 12.5. The van der Waals surface area contributed by atoms with Gasteiger partial charge in [-0.2, -0.15) is 0 Å². The van der Waals surface area contributed by atoms with Gasteiger partial charge in [0.1, 0.15) is 6.04 Å². The molecule has 0 bridgehead atoms. The highest BCUT2D eigenvalue weighted by atomic mass is 16.7. The van der Waals surface area contributed by atoms with Crippen LogP contribution in [-0.4, -0.2) is 48.4 Å². The molecule has 32 heavy (non-hydrogen) atoms. The Morgan fingerprint density at radius 2 is 1.31 bits per heavy atom. The highest BCUT2D eigenvalue weighted by molar-refractivity contribution is 6.02. The van der Waals surface area contributed by atoms with E-state index in [1.54, 1.807) is 7.05 Å². The maximum absolute atomic E-state index is 12.3. The number of hydrogen-bond acceptors (Lipinski definition) is 6. The van der Waals surface area contributed by atoms with Crippen LogP contribution in [0.15, 0.2) is 0 Å². The van der Waals surface area contributed by atoms with Crippen LogP contribution >= 0.6 is 0 Å². The summed E-state index contributed by atoms with van der Waals surface area (Å²) in [5.74, 6) is -2.12. The largest absolute Gasteiger partial charge is 0.356 e. The van der Waals surface area contributed by atoms with E-state index in [0.29, 0.717) is 11.5 Å². The summed E-state index contributed by atoms with van der Waals surface area (Å²) >= 11 is 0. The first-order valence-electron chi connectivity index (χ1n) is 12.5. The zero-order chi connectivity index (χ0) is 23.6. The normalized spacial score (nSPS) is 14.6. The molecule has 2 N–H and O–H groups in total. The quantitative estimate of drug-likeness (QED) is 0.228. The number of carbonyl (C=O) groups excluding carboxylic acids is 4. The molecule has 0 aromatic carbocycles. The third-order valence-electron chi connectivity index (χ3n) is 5.72. The van der Waals surface area contributed by atoms with E-state index in [9.17, 15) is 19.2 Å². The summed E-state index contributed by atoms with van der Waals surface area (Å²) in [6, 6.07) is -0.948. The Kier molecular flexibility index (Phi) is 15.4. The number of imide groups is 1. The Hall–Kier alpha value is -1.96. The highest BCUT2D eigenvalue weighted by Gasteiger charge is 2.35. The van der Waals surface area contributed by atoms with Crippen LogP contribution in [0.2, 0.25) is 0 Å². The lowest BCUT2D eigenvalue weighted by molar-refractivity contribution is -0.199. The van der Waals surface area contributed by atoms with Gasteiger partial charge in [0.25, 0.3) is 11.8 Å². The van der Waals surface area contributed by atoms with Crippen molar-refractivity contribution in [3.63, 3.8) is 0 Å². The van der Waals surface area contributed by atoms with E-state index in [2.05, 4.69) is 17.6 Å². The second-order valence-electron chi connectivity index (χ2n) is 8.66. The maximum Gasteiger partial charge on any atom is 0.356 e. The van der Waals surface area contributed by atoms with Crippen molar-refractivity contribution in [2.45, 2.75) is 116 Å². The van der Waals surface area contributed by atoms with E-state index in [4.69, 9.17) is 4.84 Å². The van der Waals surface area contributed by atoms with Gasteiger partial charge in [-0.05, 0) is 13.5 Å². The number of hydrogen-bond donors (Lipinski definition) is 2. The molecule has 0 aromatic rings. The fraction of sp³-hybridized carbons (Fsp3) is 0.833. The smallest absolute Gasteiger partial charge is 0.342 e. The molecule has 0 unspecified atom stereocenters. The number of rotatable bonds is 19. The number of unbranched alkanes of at least 4 members (excludes halogenated alkanes) is 12. The molecule has 184 valence electrons. The molecule has 1 atom stereocenters. The van der Waals surface area contributed by atoms with E-state index in [1.165, 1.54) is 64.2 Å². The monoisotopic (exact) mass is 453 g/mol. The zero-order valence-electron chi connectivity index (χ0n) is 20.1. The van der Waals surface area contributed by atoms with Crippen molar-refractivity contribution in [3.05, 3.63) is 0 Å². The standard InChI is InChI=1S/C24H43N3O5/c1-3-4-5-6-7-8-9-10-11-12-13-14-15-16-21(28)26-20(19-25-2)24(31)32-27-22(29)17-18-23(27)30/h20,25H,3-19H2,1-2H3,(H,26,28)/t20-/m1/s1. The summed E-state index contributed by atoms with van der Waals surface area (Å²) in [5.41, 5.74) is 0. The van der Waals surface area contributed by atoms with Gasteiger partial charge in [0.05, 0.1) is 0 Å². The van der Waals surface area contributed by atoms with Crippen molar-refractivity contribution < 1.29 is 24.0 Å². The van der Waals surface area contributed by atoms with E-state index in [-0.39, 0.29) is 25.3 Å². The molecule has 0 aromatic heterocycles. The van der Waals surface area contributed by atoms with Crippen LogP contribution in [-0.2, 0) is 24.0 Å². The third kappa shape index (κ3) is 12.2. The lowest BCUT2D eigenvalue weighted by Gasteiger charge is -2.20. The number of likely N-dealkylation sites (N-methyl/N-ethyl adjacent to an activating group) is 1. The molecule has 8 heteroatoms. The van der Waals surface area contributed by atoms with Crippen molar-refractivity contribution in [2.24, 2.45) is 0 Å². The van der Waals surface area contributed by atoms with E-state index >= 15 is 0 Å². The van der Waals surface area contributed by atoms with Crippen molar-refractivity contribution in [1.82, 2.24) is 15.7 Å². The summed E-state index contributed by atoms with van der Waals surface area (Å²) in [7, 11) is 1.64. The molecule has 1 aliphatic rings. The van der Waals surface area contributed by atoms with Gasteiger partial charge in [0, 0.05) is 25.8 Å². The lowest BCUT2D eigenvalue weighted by Crippen LogP contribution is -2.49. The minimum absolute atomic E-state index is 0.0359. The molecule has 0 aliphatic carbocycles. The molecule has 1 saturated heterocycles. The van der Waals surface area contributed by atoms with E-state index < -0.39 is 23.8 Å². The second kappa shape index (κ2) is 17.6. The van der Waals surface area contributed by atoms with Gasteiger partial charge in [-0.15, -0.1) is 5.06 Å². The number of nitrogens with one attached hydrogen (secondary N) is 2. The molecular weight excluding hydrogens is 410 g/mol. The van der Waals surface area contributed by atoms with Crippen LogP contribution in [0.5, 0.6) is 0 Å². The maximum atomic E-state index is 12.3. The van der Waals surface area contributed by atoms with Gasteiger partial charge < -0.3 is 15.5 Å². The summed E-state index contributed by atoms with van der Waals surface area (Å²) in [6.45, 7) is 2.40. The molecule has 3 amide bonds. The molecule has 0 radical (unpaired) electrons. The molecule has 1 fully saturated rings. The van der Waals surface area contributed by atoms with Gasteiger partial charge in [-0.25, -0.2) is 4.79 Å². The first kappa shape index (κ1) is 28.1. The van der Waals surface area contributed by atoms with Crippen LogP contribution in [0.1, 0.15) is 110 Å². The van der Waals surface area contributed by atoms with Crippen molar-refractivity contribution in [1.29, 1.82) is 0 Å². The minimum atomic E-state index is -0.948. The molecule has 8 nitrogen and oxygen atoms in total. The Balaban J connectivity index is 2.10. The van der Waals surface area contributed by atoms with Gasteiger partial charge in [0.15, 0.2) is 0 Å². The van der Waals surface area contributed by atoms with Crippen molar-refractivity contribution in [2.75, 3.05) is 13.6 Å². The zero-order valence-corrected chi connectivity index (χ0v) is 20.1. The molecule has 1 aliphatic heterocycles. The van der Waals surface area contributed by atoms with Crippen molar-refractivity contribution >= 4 is 23.7 Å². The van der Waals surface area contributed by atoms with Gasteiger partial charge in [-0.3, -0.25) is 14.4 Å². The summed E-state index contributed by atoms with van der Waals surface area (Å²) in [6.07, 6.45) is 16.5. The number of amides is 3. The number of carbonyl (C=O) groups is 4. The molecule has 1 heterocycles. The fourth-order valence-electron chi connectivity index (χ4n) is 3.78. The molecule has 0 spiro atoms. The molecular formula is C24H43N3O5. The van der Waals surface area contributed by atoms with Crippen LogP contribution in [0.25, 0.3) is 0 Å². The number of nitrogens with zero attached hydrogens (tertiary/aromatic N) is 1. The number of hydroxylamine groups is 2. The van der Waals surface area contributed by atoms with Crippen LogP contribution in [0.4, 0.5) is 0 Å². The van der Waals surface area contributed by atoms with Crippen LogP contribution in [0.3, 0.4) is 0 Å².